The molecule has 0 N–H and O–H groups in total. The predicted octanol–water partition coefficient (Wildman–Crippen LogP) is 3.31. The average Bonchev–Trinajstić information content (AvgIpc) is 2.43. The van der Waals surface area contributed by atoms with Crippen LogP contribution in [0.1, 0.15) is 33.1 Å². The van der Waals surface area contributed by atoms with Gasteiger partial charge in [0.25, 0.3) is 0 Å². The fraction of sp³-hybridized carbons (Fsp3) is 0.556. The second-order valence-corrected chi connectivity index (χ2v) is 2.07. The van der Waals surface area contributed by atoms with E-state index in [1.807, 2.05) is 26.0 Å². The molecule has 0 heterocycles. The van der Waals surface area contributed by atoms with Gasteiger partial charge in [0.05, 0.1) is 0 Å². The molecule has 0 bridgehead atoms. The van der Waals surface area contributed by atoms with Crippen LogP contribution in [0.15, 0.2) is 24.3 Å². The van der Waals surface area contributed by atoms with E-state index in [9.17, 15) is 0 Å². The molecule has 0 heteroatoms. The van der Waals surface area contributed by atoms with Crippen LogP contribution in [0.5, 0.6) is 0 Å². The van der Waals surface area contributed by atoms with Gasteiger partial charge in [-0.1, -0.05) is 24.3 Å². The summed E-state index contributed by atoms with van der Waals surface area (Å²) in [6.07, 6.45) is 12.5. The van der Waals surface area contributed by atoms with Gasteiger partial charge in [-0.3, -0.25) is 0 Å². The lowest BCUT2D eigenvalue weighted by Gasteiger charge is -1.69. The molecule has 0 saturated carbocycles. The maximum atomic E-state index is 2.24. The average molecular weight is 124 g/mol. The fourth-order valence-electron chi connectivity index (χ4n) is 0.589. The molecule has 1 aliphatic carbocycles. The molecule has 1 aliphatic rings. The monoisotopic (exact) mass is 124 g/mol. The first kappa shape index (κ1) is 8.48. The van der Waals surface area contributed by atoms with Gasteiger partial charge in [-0.25, -0.2) is 0 Å². The van der Waals surface area contributed by atoms with E-state index in [4.69, 9.17) is 0 Å². The van der Waals surface area contributed by atoms with Crippen molar-refractivity contribution in [3.8, 4) is 0 Å². The summed E-state index contributed by atoms with van der Waals surface area (Å²) in [7, 11) is 0. The first-order chi connectivity index (χ1) is 4.41. The minimum Gasteiger partial charge on any atom is -0.0919 e. The van der Waals surface area contributed by atoms with Gasteiger partial charge in [0.2, 0.25) is 0 Å². The van der Waals surface area contributed by atoms with Crippen LogP contribution in [0.4, 0.5) is 0 Å². The Morgan fingerprint density at radius 3 is 1.56 bits per heavy atom. The molecule has 0 aromatic rings. The minimum atomic E-state index is 1.32. The standard InChI is InChI=1S/C5H8.C4H8/c1-2-4-5-3-1;1-3-4-2/h1-2H,3-5H2;3-4H,1-2H3. The Balaban J connectivity index is 0.000000148. The van der Waals surface area contributed by atoms with Crippen molar-refractivity contribution in [1.82, 2.24) is 0 Å². The van der Waals surface area contributed by atoms with Crippen molar-refractivity contribution in [2.75, 3.05) is 0 Å². The topological polar surface area (TPSA) is 0 Å². The van der Waals surface area contributed by atoms with Crippen LogP contribution in [-0.2, 0) is 0 Å². The van der Waals surface area contributed by atoms with Crippen LogP contribution >= 0.6 is 0 Å². The second kappa shape index (κ2) is 7.48. The summed E-state index contributed by atoms with van der Waals surface area (Å²) in [6.45, 7) is 4.00. The Morgan fingerprint density at radius 1 is 1.00 bits per heavy atom. The van der Waals surface area contributed by atoms with Crippen LogP contribution < -0.4 is 0 Å². The van der Waals surface area contributed by atoms with Gasteiger partial charge in [-0.05, 0) is 33.1 Å². The van der Waals surface area contributed by atoms with Crippen LogP contribution in [0, 0.1) is 0 Å². The normalized spacial score (nSPS) is 15.8. The van der Waals surface area contributed by atoms with Gasteiger partial charge in [0.1, 0.15) is 0 Å². The van der Waals surface area contributed by atoms with E-state index in [0.717, 1.165) is 0 Å². The highest BCUT2D eigenvalue weighted by molar-refractivity contribution is 4.88. The molecule has 0 spiro atoms. The highest BCUT2D eigenvalue weighted by Crippen LogP contribution is 2.05. The lowest BCUT2D eigenvalue weighted by atomic mass is 10.4. The molecule has 9 heavy (non-hydrogen) atoms. The summed E-state index contributed by atoms with van der Waals surface area (Å²) >= 11 is 0. The third-order valence-corrected chi connectivity index (χ3v) is 1.24. The Kier molecular flexibility index (Phi) is 7.05. The van der Waals surface area contributed by atoms with E-state index >= 15 is 0 Å². The first-order valence-corrected chi connectivity index (χ1v) is 3.64. The molecule has 0 atom stereocenters. The smallest absolute Gasteiger partial charge is 0.0348 e. The minimum absolute atomic E-state index is 1.32. The highest BCUT2D eigenvalue weighted by atomic mass is 13.9. The van der Waals surface area contributed by atoms with E-state index in [-0.39, 0.29) is 0 Å². The van der Waals surface area contributed by atoms with Crippen LogP contribution in [0.3, 0.4) is 0 Å². The van der Waals surface area contributed by atoms with Crippen molar-refractivity contribution in [2.24, 2.45) is 0 Å². The first-order valence-electron chi connectivity index (χ1n) is 3.64. The van der Waals surface area contributed by atoms with Gasteiger partial charge in [-0.2, -0.15) is 0 Å². The fourth-order valence-corrected chi connectivity index (χ4v) is 0.589. The molecule has 0 radical (unpaired) electrons. The Bertz CT molecular complexity index is 78.2. The largest absolute Gasteiger partial charge is 0.0919 e. The van der Waals surface area contributed by atoms with Crippen molar-refractivity contribution in [1.29, 1.82) is 0 Å². The van der Waals surface area contributed by atoms with Crippen LogP contribution in [-0.4, -0.2) is 0 Å². The van der Waals surface area contributed by atoms with Gasteiger partial charge < -0.3 is 0 Å². The molecule has 0 amide bonds. The Morgan fingerprint density at radius 2 is 1.44 bits per heavy atom. The maximum Gasteiger partial charge on any atom is -0.0348 e. The third-order valence-electron chi connectivity index (χ3n) is 1.24. The molecule has 0 unspecified atom stereocenters. The van der Waals surface area contributed by atoms with Crippen molar-refractivity contribution in [3.05, 3.63) is 24.3 Å². The van der Waals surface area contributed by atoms with Gasteiger partial charge >= 0.3 is 0 Å². The molecule has 0 aromatic carbocycles. The molecular formula is C9H16. The van der Waals surface area contributed by atoms with Gasteiger partial charge in [0.15, 0.2) is 0 Å². The lowest BCUT2D eigenvalue weighted by Crippen LogP contribution is -1.50. The number of allylic oxidation sites excluding steroid dienone is 4. The lowest BCUT2D eigenvalue weighted by molar-refractivity contribution is 0.929. The van der Waals surface area contributed by atoms with E-state index in [0.29, 0.717) is 0 Å². The van der Waals surface area contributed by atoms with E-state index < -0.39 is 0 Å². The third kappa shape index (κ3) is 7.48. The molecule has 52 valence electrons. The van der Waals surface area contributed by atoms with Gasteiger partial charge in [0, 0.05) is 0 Å². The SMILES string of the molecule is C1=CCCC1.CC=CC. The number of rotatable bonds is 0. The number of hydrogen-bond acceptors (Lipinski definition) is 0. The highest BCUT2D eigenvalue weighted by Gasteiger charge is 1.84. The quantitative estimate of drug-likeness (QED) is 0.434. The van der Waals surface area contributed by atoms with Crippen molar-refractivity contribution in [2.45, 2.75) is 33.1 Å². The second-order valence-electron chi connectivity index (χ2n) is 2.07. The molecule has 0 fully saturated rings. The summed E-state index contributed by atoms with van der Waals surface area (Å²) < 4.78 is 0. The molecule has 0 saturated heterocycles. The summed E-state index contributed by atoms with van der Waals surface area (Å²) in [6, 6.07) is 0. The molecule has 0 nitrogen and oxygen atoms in total. The van der Waals surface area contributed by atoms with E-state index in [1.54, 1.807) is 0 Å². The zero-order chi connectivity index (χ0) is 6.95. The molecule has 0 aliphatic heterocycles. The van der Waals surface area contributed by atoms with Crippen molar-refractivity contribution in [3.63, 3.8) is 0 Å². The molecule has 1 rings (SSSR count). The van der Waals surface area contributed by atoms with Crippen LogP contribution in [0.2, 0.25) is 0 Å². The Hall–Kier alpha value is -0.520. The Labute approximate surface area is 58.3 Å². The zero-order valence-electron chi connectivity index (χ0n) is 6.43. The maximum absolute atomic E-state index is 2.24. The predicted molar refractivity (Wildman–Crippen MR) is 43.5 cm³/mol. The summed E-state index contributed by atoms with van der Waals surface area (Å²) in [5.74, 6) is 0. The number of hydrogen-bond donors (Lipinski definition) is 0. The van der Waals surface area contributed by atoms with E-state index in [1.165, 1.54) is 19.3 Å². The summed E-state index contributed by atoms with van der Waals surface area (Å²) in [5, 5.41) is 0. The van der Waals surface area contributed by atoms with E-state index in [2.05, 4.69) is 12.2 Å². The van der Waals surface area contributed by atoms with Crippen molar-refractivity contribution >= 4 is 0 Å². The summed E-state index contributed by atoms with van der Waals surface area (Å²) in [4.78, 5) is 0. The molecular weight excluding hydrogens is 108 g/mol. The zero-order valence-corrected chi connectivity index (χ0v) is 6.43. The summed E-state index contributed by atoms with van der Waals surface area (Å²) in [5.41, 5.74) is 0. The molecule has 0 aromatic heterocycles. The van der Waals surface area contributed by atoms with Gasteiger partial charge in [-0.15, -0.1) is 0 Å². The van der Waals surface area contributed by atoms with Crippen LogP contribution in [0.25, 0.3) is 0 Å². The van der Waals surface area contributed by atoms with Crippen molar-refractivity contribution < 1.29 is 0 Å².